The number of aryl methyl sites for hydroxylation is 2. The van der Waals surface area contributed by atoms with E-state index in [0.717, 1.165) is 27.6 Å². The largest absolute Gasteiger partial charge is 0.415 e. The molecule has 2 spiro atoms. The van der Waals surface area contributed by atoms with E-state index in [1.807, 2.05) is 13.0 Å². The zero-order chi connectivity index (χ0) is 26.2. The van der Waals surface area contributed by atoms with Crippen molar-refractivity contribution in [3.05, 3.63) is 39.1 Å². The lowest BCUT2D eigenvalue weighted by Gasteiger charge is -2.42. The quantitative estimate of drug-likeness (QED) is 0.569. The van der Waals surface area contributed by atoms with Crippen molar-refractivity contribution in [2.24, 2.45) is 0 Å². The smallest absolute Gasteiger partial charge is 0.411 e. The number of nitrogens with zero attached hydrogens (tertiary/aromatic N) is 1. The molecule has 1 aromatic rings. The number of benzene rings is 1. The minimum atomic E-state index is -0.818. The first-order valence-corrected chi connectivity index (χ1v) is 13.8. The minimum Gasteiger partial charge on any atom is -0.411 e. The molecule has 1 atom stereocenters. The molecule has 2 saturated heterocycles. The van der Waals surface area contributed by atoms with Crippen molar-refractivity contribution in [3.8, 4) is 0 Å². The SMILES string of the molecule is CCc1cc(C)cc(Br)c1C1=C(OC(=O)N2CCOCC2)C2(CCC3(CC2)OCC(COC)O3)NC1=O. The molecule has 0 bridgehead atoms. The van der Waals surface area contributed by atoms with Gasteiger partial charge in [0.2, 0.25) is 0 Å². The van der Waals surface area contributed by atoms with E-state index in [0.29, 0.717) is 76.5 Å². The maximum Gasteiger partial charge on any atom is 0.415 e. The molecule has 2 amide bonds. The van der Waals surface area contributed by atoms with Gasteiger partial charge in [0, 0.05) is 43.1 Å². The predicted octanol–water partition coefficient (Wildman–Crippen LogP) is 3.70. The Balaban J connectivity index is 1.52. The molecule has 0 aromatic heterocycles. The first-order chi connectivity index (χ1) is 17.8. The lowest BCUT2D eigenvalue weighted by atomic mass is 9.77. The van der Waals surface area contributed by atoms with Crippen LogP contribution in [0.4, 0.5) is 4.79 Å². The summed E-state index contributed by atoms with van der Waals surface area (Å²) in [6.07, 6.45) is 2.34. The first kappa shape index (κ1) is 26.6. The van der Waals surface area contributed by atoms with Gasteiger partial charge in [-0.05, 0) is 43.4 Å². The van der Waals surface area contributed by atoms with Gasteiger partial charge in [-0.1, -0.05) is 28.9 Å². The van der Waals surface area contributed by atoms with E-state index in [4.69, 9.17) is 23.7 Å². The van der Waals surface area contributed by atoms with Gasteiger partial charge in [-0.15, -0.1) is 0 Å². The van der Waals surface area contributed by atoms with E-state index in [1.165, 1.54) is 0 Å². The van der Waals surface area contributed by atoms with Crippen LogP contribution in [-0.2, 0) is 34.9 Å². The summed E-state index contributed by atoms with van der Waals surface area (Å²) in [6.45, 7) is 6.87. The average Bonchev–Trinajstić information content (AvgIpc) is 3.40. The molecular formula is C27H35BrN2O7. The molecule has 4 aliphatic rings. The van der Waals surface area contributed by atoms with E-state index in [1.54, 1.807) is 12.0 Å². The number of nitrogens with one attached hydrogen (secondary N) is 1. The third kappa shape index (κ3) is 5.06. The van der Waals surface area contributed by atoms with Crippen LogP contribution < -0.4 is 5.32 Å². The summed E-state index contributed by atoms with van der Waals surface area (Å²) in [5, 5.41) is 3.22. The number of halogens is 1. The van der Waals surface area contributed by atoms with Crippen molar-refractivity contribution in [1.29, 1.82) is 0 Å². The van der Waals surface area contributed by atoms with Gasteiger partial charge in [-0.25, -0.2) is 4.79 Å². The van der Waals surface area contributed by atoms with Crippen LogP contribution in [0.25, 0.3) is 5.57 Å². The van der Waals surface area contributed by atoms with Crippen molar-refractivity contribution in [3.63, 3.8) is 0 Å². The van der Waals surface area contributed by atoms with Gasteiger partial charge >= 0.3 is 6.09 Å². The number of amides is 2. The normalized spacial score (nSPS) is 29.9. The van der Waals surface area contributed by atoms with Crippen molar-refractivity contribution in [2.75, 3.05) is 46.6 Å². The Kier molecular flexibility index (Phi) is 7.66. The van der Waals surface area contributed by atoms with Crippen LogP contribution >= 0.6 is 15.9 Å². The van der Waals surface area contributed by atoms with Gasteiger partial charge in [0.25, 0.3) is 5.91 Å². The average molecular weight is 579 g/mol. The van der Waals surface area contributed by atoms with Gasteiger partial charge < -0.3 is 33.9 Å². The minimum absolute atomic E-state index is 0.113. The second-order valence-corrected chi connectivity index (χ2v) is 11.1. The standard InChI is InChI=1S/C27H35BrN2O7/c1-4-18-13-17(2)14-20(28)21(18)22-23(36-25(32)30-9-11-34-12-10-30)26(29-24(22)31)5-7-27(8-6-26)35-16-19(37-27)15-33-3/h13-14,19H,4-12,15-16H2,1-3H3,(H,29,31). The van der Waals surface area contributed by atoms with Gasteiger partial charge in [-0.3, -0.25) is 4.79 Å². The van der Waals surface area contributed by atoms with Gasteiger partial charge in [0.15, 0.2) is 5.79 Å². The van der Waals surface area contributed by atoms with E-state index in [9.17, 15) is 9.59 Å². The molecule has 1 unspecified atom stereocenters. The third-order valence-electron chi connectivity index (χ3n) is 7.78. The molecule has 1 aromatic carbocycles. The lowest BCUT2D eigenvalue weighted by Crippen LogP contribution is -2.53. The van der Waals surface area contributed by atoms with Gasteiger partial charge in [0.05, 0.1) is 37.5 Å². The van der Waals surface area contributed by atoms with Crippen LogP contribution in [0.3, 0.4) is 0 Å². The summed E-state index contributed by atoms with van der Waals surface area (Å²) in [4.78, 5) is 28.6. The molecule has 202 valence electrons. The molecule has 1 saturated carbocycles. The summed E-state index contributed by atoms with van der Waals surface area (Å²) < 4.78 is 30.0. The highest BCUT2D eigenvalue weighted by atomic mass is 79.9. The Hall–Kier alpha value is -1.98. The maximum absolute atomic E-state index is 13.7. The van der Waals surface area contributed by atoms with Gasteiger partial charge in [-0.2, -0.15) is 0 Å². The van der Waals surface area contributed by atoms with Crippen LogP contribution in [0.15, 0.2) is 22.4 Å². The molecule has 37 heavy (non-hydrogen) atoms. The Morgan fingerprint density at radius 2 is 1.95 bits per heavy atom. The maximum atomic E-state index is 13.7. The molecular weight excluding hydrogens is 544 g/mol. The van der Waals surface area contributed by atoms with Crippen LogP contribution in [0.2, 0.25) is 0 Å². The number of carbonyl (C=O) groups is 2. The summed E-state index contributed by atoms with van der Waals surface area (Å²) in [5.74, 6) is -0.541. The van der Waals surface area contributed by atoms with Crippen LogP contribution in [-0.4, -0.2) is 81.0 Å². The highest BCUT2D eigenvalue weighted by Crippen LogP contribution is 2.50. The molecule has 1 aliphatic carbocycles. The highest BCUT2D eigenvalue weighted by Gasteiger charge is 2.56. The Morgan fingerprint density at radius 3 is 2.62 bits per heavy atom. The van der Waals surface area contributed by atoms with Crippen molar-refractivity contribution in [2.45, 2.75) is 63.4 Å². The number of ether oxygens (including phenoxy) is 5. The summed E-state index contributed by atoms with van der Waals surface area (Å²) >= 11 is 3.70. The topological polar surface area (TPSA) is 95.6 Å². The second-order valence-electron chi connectivity index (χ2n) is 10.3. The molecule has 1 N–H and O–H groups in total. The summed E-state index contributed by atoms with van der Waals surface area (Å²) in [7, 11) is 1.65. The number of hydrogen-bond donors (Lipinski definition) is 1. The second kappa shape index (κ2) is 10.6. The highest BCUT2D eigenvalue weighted by molar-refractivity contribution is 9.10. The van der Waals surface area contributed by atoms with Crippen LogP contribution in [0, 0.1) is 6.92 Å². The van der Waals surface area contributed by atoms with E-state index in [2.05, 4.69) is 34.2 Å². The van der Waals surface area contributed by atoms with Crippen molar-refractivity contribution < 1.29 is 33.3 Å². The van der Waals surface area contributed by atoms with E-state index >= 15 is 0 Å². The number of hydrogen-bond acceptors (Lipinski definition) is 7. The molecule has 3 heterocycles. The Labute approximate surface area is 225 Å². The molecule has 10 heteroatoms. The number of carbonyl (C=O) groups excluding carboxylic acids is 2. The fraction of sp³-hybridized carbons (Fsp3) is 0.630. The molecule has 3 fully saturated rings. The van der Waals surface area contributed by atoms with E-state index in [-0.39, 0.29) is 12.0 Å². The van der Waals surface area contributed by atoms with E-state index < -0.39 is 17.4 Å². The number of morpholine rings is 1. The van der Waals surface area contributed by atoms with Crippen LogP contribution in [0.5, 0.6) is 0 Å². The fourth-order valence-electron chi connectivity index (χ4n) is 5.88. The third-order valence-corrected chi connectivity index (χ3v) is 8.40. The van der Waals surface area contributed by atoms with Crippen molar-refractivity contribution >= 4 is 33.5 Å². The zero-order valence-corrected chi connectivity index (χ0v) is 23.3. The molecule has 5 rings (SSSR count). The molecule has 0 radical (unpaired) electrons. The molecule has 9 nitrogen and oxygen atoms in total. The Morgan fingerprint density at radius 1 is 1.22 bits per heavy atom. The Bertz CT molecular complexity index is 1090. The summed E-state index contributed by atoms with van der Waals surface area (Å²) in [5.41, 5.74) is 2.49. The number of rotatable bonds is 5. The summed E-state index contributed by atoms with van der Waals surface area (Å²) in [6, 6.07) is 4.08. The van der Waals surface area contributed by atoms with Gasteiger partial charge in [0.1, 0.15) is 11.9 Å². The number of methoxy groups -OCH3 is 1. The predicted molar refractivity (Wildman–Crippen MR) is 139 cm³/mol. The zero-order valence-electron chi connectivity index (χ0n) is 21.7. The first-order valence-electron chi connectivity index (χ1n) is 13.0. The van der Waals surface area contributed by atoms with Crippen molar-refractivity contribution in [1.82, 2.24) is 10.2 Å². The monoisotopic (exact) mass is 578 g/mol. The fourth-order valence-corrected chi connectivity index (χ4v) is 6.70. The lowest BCUT2D eigenvalue weighted by molar-refractivity contribution is -0.198. The molecule has 3 aliphatic heterocycles. The van der Waals surface area contributed by atoms with Crippen LogP contribution in [0.1, 0.15) is 49.3 Å².